The second kappa shape index (κ2) is 7.17. The maximum atomic E-state index is 12.2. The largest absolute Gasteiger partial charge is 0.462 e. The maximum Gasteiger partial charge on any atom is 0.338 e. The molecule has 0 saturated carbocycles. The van der Waals surface area contributed by atoms with Gasteiger partial charge in [0.25, 0.3) is 0 Å². The minimum Gasteiger partial charge on any atom is -0.462 e. The smallest absolute Gasteiger partial charge is 0.338 e. The van der Waals surface area contributed by atoms with Gasteiger partial charge in [-0.15, -0.1) is 0 Å². The van der Waals surface area contributed by atoms with Crippen molar-refractivity contribution in [2.75, 3.05) is 11.9 Å². The van der Waals surface area contributed by atoms with Crippen LogP contribution < -0.4 is 10.6 Å². The number of anilines is 1. The van der Waals surface area contributed by atoms with Crippen LogP contribution in [0.1, 0.15) is 40.9 Å². The third kappa shape index (κ3) is 3.56. The number of amides is 2. The average molecular weight is 324 g/mol. The fourth-order valence-corrected chi connectivity index (χ4v) is 2.94. The summed E-state index contributed by atoms with van der Waals surface area (Å²) in [4.78, 5) is 23.8. The lowest BCUT2D eigenvalue weighted by Crippen LogP contribution is -2.31. The number of rotatable bonds is 4. The number of carbonyl (C=O) groups excluding carboxylic acids is 2. The van der Waals surface area contributed by atoms with E-state index in [-0.39, 0.29) is 18.0 Å². The summed E-state index contributed by atoms with van der Waals surface area (Å²) < 4.78 is 4.93. The Balaban J connectivity index is 1.59. The molecule has 0 fully saturated rings. The molecular formula is C19H20N2O3. The summed E-state index contributed by atoms with van der Waals surface area (Å²) in [6.07, 6.45) is 1.89. The Hall–Kier alpha value is -2.82. The number of esters is 1. The Morgan fingerprint density at radius 3 is 2.62 bits per heavy atom. The summed E-state index contributed by atoms with van der Waals surface area (Å²) in [6.45, 7) is 2.10. The van der Waals surface area contributed by atoms with Gasteiger partial charge in [-0.05, 0) is 55.2 Å². The van der Waals surface area contributed by atoms with E-state index in [1.165, 1.54) is 11.1 Å². The third-order valence-corrected chi connectivity index (χ3v) is 4.09. The highest BCUT2D eigenvalue weighted by molar-refractivity contribution is 5.92. The first-order valence-corrected chi connectivity index (χ1v) is 8.10. The van der Waals surface area contributed by atoms with Crippen molar-refractivity contribution in [3.63, 3.8) is 0 Å². The van der Waals surface area contributed by atoms with Gasteiger partial charge < -0.3 is 15.4 Å². The van der Waals surface area contributed by atoms with Crippen molar-refractivity contribution in [2.45, 2.75) is 25.8 Å². The highest BCUT2D eigenvalue weighted by Gasteiger charge is 2.23. The molecule has 0 heterocycles. The average Bonchev–Trinajstić information content (AvgIpc) is 2.99. The van der Waals surface area contributed by atoms with E-state index in [1.54, 1.807) is 31.2 Å². The topological polar surface area (TPSA) is 67.4 Å². The number of hydrogen-bond donors (Lipinski definition) is 2. The number of ether oxygens (including phenoxy) is 1. The quantitative estimate of drug-likeness (QED) is 0.843. The van der Waals surface area contributed by atoms with Gasteiger partial charge in [0, 0.05) is 5.69 Å². The van der Waals surface area contributed by atoms with Crippen molar-refractivity contribution in [1.29, 1.82) is 0 Å². The lowest BCUT2D eigenvalue weighted by Gasteiger charge is -2.15. The Bertz CT molecular complexity index is 741. The fourth-order valence-electron chi connectivity index (χ4n) is 2.94. The lowest BCUT2D eigenvalue weighted by molar-refractivity contribution is 0.0526. The predicted octanol–water partition coefficient (Wildman–Crippen LogP) is 3.67. The molecule has 0 aromatic heterocycles. The Kier molecular flexibility index (Phi) is 4.79. The van der Waals surface area contributed by atoms with E-state index in [9.17, 15) is 9.59 Å². The van der Waals surface area contributed by atoms with Crippen molar-refractivity contribution in [3.05, 3.63) is 65.2 Å². The molecule has 0 aliphatic heterocycles. The molecule has 3 rings (SSSR count). The third-order valence-electron chi connectivity index (χ3n) is 4.09. The number of urea groups is 1. The first kappa shape index (κ1) is 16.1. The number of carbonyl (C=O) groups is 2. The molecule has 2 aromatic carbocycles. The van der Waals surface area contributed by atoms with Crippen LogP contribution in [0.25, 0.3) is 0 Å². The summed E-state index contributed by atoms with van der Waals surface area (Å²) in [5.74, 6) is -0.365. The molecule has 5 nitrogen and oxygen atoms in total. The zero-order chi connectivity index (χ0) is 16.9. The van der Waals surface area contributed by atoms with Crippen molar-refractivity contribution in [1.82, 2.24) is 5.32 Å². The molecule has 0 spiro atoms. The van der Waals surface area contributed by atoms with Crippen LogP contribution >= 0.6 is 0 Å². The van der Waals surface area contributed by atoms with Crippen LogP contribution in [-0.2, 0) is 11.2 Å². The molecule has 1 aliphatic carbocycles. The van der Waals surface area contributed by atoms with E-state index in [0.29, 0.717) is 17.9 Å². The first-order chi connectivity index (χ1) is 11.7. The zero-order valence-corrected chi connectivity index (χ0v) is 13.5. The van der Waals surface area contributed by atoms with Crippen molar-refractivity contribution in [3.8, 4) is 0 Å². The summed E-state index contributed by atoms with van der Waals surface area (Å²) in [5, 5.41) is 5.80. The summed E-state index contributed by atoms with van der Waals surface area (Å²) in [7, 11) is 0. The van der Waals surface area contributed by atoms with Gasteiger partial charge in [0.15, 0.2) is 0 Å². The Morgan fingerprint density at radius 2 is 1.88 bits per heavy atom. The van der Waals surface area contributed by atoms with Gasteiger partial charge in [-0.1, -0.05) is 24.3 Å². The Morgan fingerprint density at radius 1 is 1.12 bits per heavy atom. The van der Waals surface area contributed by atoms with Crippen LogP contribution in [0.15, 0.2) is 48.5 Å². The van der Waals surface area contributed by atoms with Gasteiger partial charge in [0.1, 0.15) is 0 Å². The first-order valence-electron chi connectivity index (χ1n) is 8.10. The summed E-state index contributed by atoms with van der Waals surface area (Å²) >= 11 is 0. The minimum absolute atomic E-state index is 0.0417. The minimum atomic E-state index is -0.365. The number of benzene rings is 2. The second-order valence-electron chi connectivity index (χ2n) is 5.69. The second-order valence-corrected chi connectivity index (χ2v) is 5.69. The number of hydrogen-bond acceptors (Lipinski definition) is 3. The van der Waals surface area contributed by atoms with Crippen molar-refractivity contribution < 1.29 is 14.3 Å². The van der Waals surface area contributed by atoms with Crippen LogP contribution in [0.5, 0.6) is 0 Å². The van der Waals surface area contributed by atoms with Crippen LogP contribution in [-0.4, -0.2) is 18.6 Å². The molecule has 0 bridgehead atoms. The van der Waals surface area contributed by atoms with Gasteiger partial charge in [-0.3, -0.25) is 0 Å². The lowest BCUT2D eigenvalue weighted by atomic mass is 10.1. The van der Waals surface area contributed by atoms with E-state index in [4.69, 9.17) is 4.74 Å². The van der Waals surface area contributed by atoms with Crippen molar-refractivity contribution >= 4 is 17.7 Å². The SMILES string of the molecule is CCOC(=O)c1ccc(NC(=O)NC2CCc3ccccc32)cc1. The van der Waals surface area contributed by atoms with Gasteiger partial charge >= 0.3 is 12.0 Å². The Labute approximate surface area is 141 Å². The molecule has 2 amide bonds. The zero-order valence-electron chi connectivity index (χ0n) is 13.5. The summed E-state index contributed by atoms with van der Waals surface area (Å²) in [5.41, 5.74) is 3.58. The standard InChI is InChI=1S/C19H20N2O3/c1-2-24-18(22)14-7-10-15(11-8-14)20-19(23)21-17-12-9-13-5-3-4-6-16(13)17/h3-8,10-11,17H,2,9,12H2,1H3,(H2,20,21,23). The van der Waals surface area contributed by atoms with Crippen LogP contribution in [0, 0.1) is 0 Å². The van der Waals surface area contributed by atoms with E-state index in [2.05, 4.69) is 22.8 Å². The van der Waals surface area contributed by atoms with Gasteiger partial charge in [0.05, 0.1) is 18.2 Å². The fraction of sp³-hybridized carbons (Fsp3) is 0.263. The van der Waals surface area contributed by atoms with Gasteiger partial charge in [-0.2, -0.15) is 0 Å². The monoisotopic (exact) mass is 324 g/mol. The normalized spacial score (nSPS) is 15.5. The van der Waals surface area contributed by atoms with Gasteiger partial charge in [-0.25, -0.2) is 9.59 Å². The molecule has 0 saturated heterocycles. The van der Waals surface area contributed by atoms with E-state index in [1.807, 2.05) is 12.1 Å². The molecule has 2 N–H and O–H groups in total. The van der Waals surface area contributed by atoms with Crippen molar-refractivity contribution in [2.24, 2.45) is 0 Å². The van der Waals surface area contributed by atoms with E-state index in [0.717, 1.165) is 12.8 Å². The van der Waals surface area contributed by atoms with E-state index < -0.39 is 0 Å². The number of nitrogens with one attached hydrogen (secondary N) is 2. The van der Waals surface area contributed by atoms with Gasteiger partial charge in [0.2, 0.25) is 0 Å². The number of aryl methyl sites for hydroxylation is 1. The highest BCUT2D eigenvalue weighted by Crippen LogP contribution is 2.30. The molecule has 124 valence electrons. The van der Waals surface area contributed by atoms with E-state index >= 15 is 0 Å². The molecular weight excluding hydrogens is 304 g/mol. The van der Waals surface area contributed by atoms with Crippen LogP contribution in [0.2, 0.25) is 0 Å². The molecule has 1 aliphatic rings. The molecule has 5 heteroatoms. The van der Waals surface area contributed by atoms with Crippen LogP contribution in [0.3, 0.4) is 0 Å². The maximum absolute atomic E-state index is 12.2. The van der Waals surface area contributed by atoms with Crippen LogP contribution in [0.4, 0.5) is 10.5 Å². The summed E-state index contributed by atoms with van der Waals surface area (Å²) in [6, 6.07) is 14.6. The number of fused-ring (bicyclic) bond motifs is 1. The molecule has 2 aromatic rings. The molecule has 1 atom stereocenters. The predicted molar refractivity (Wildman–Crippen MR) is 92.1 cm³/mol. The molecule has 1 unspecified atom stereocenters. The molecule has 0 radical (unpaired) electrons. The molecule has 24 heavy (non-hydrogen) atoms. The highest BCUT2D eigenvalue weighted by atomic mass is 16.5.